The Kier molecular flexibility index (Phi) is 6.39. The number of hydrogen-bond acceptors (Lipinski definition) is 4. The van der Waals surface area contributed by atoms with Crippen molar-refractivity contribution >= 4 is 17.9 Å². The van der Waals surface area contributed by atoms with Crippen molar-refractivity contribution in [1.29, 1.82) is 0 Å². The maximum atomic E-state index is 11.9. The van der Waals surface area contributed by atoms with Crippen LogP contribution < -0.4 is 20.2 Å². The second-order valence-electron chi connectivity index (χ2n) is 5.72. The van der Waals surface area contributed by atoms with Crippen LogP contribution in [0.15, 0.2) is 47.6 Å². The topological polar surface area (TPSA) is 72.0 Å². The predicted octanol–water partition coefficient (Wildman–Crippen LogP) is 3.95. The molecule has 2 N–H and O–H groups in total. The number of nitrogens with one attached hydrogen (secondary N) is 2. The third-order valence-corrected chi connectivity index (χ3v) is 3.32. The minimum atomic E-state index is -0.405. The molecule has 0 spiro atoms. The lowest BCUT2D eigenvalue weighted by molar-refractivity contribution is 0.230. The van der Waals surface area contributed by atoms with E-state index in [4.69, 9.17) is 9.47 Å². The average Bonchev–Trinajstić information content (AvgIpc) is 2.57. The van der Waals surface area contributed by atoms with Gasteiger partial charge in [-0.15, -0.1) is 0 Å². The fourth-order valence-electron chi connectivity index (χ4n) is 2.14. The van der Waals surface area contributed by atoms with Gasteiger partial charge in [-0.2, -0.15) is 5.10 Å². The highest BCUT2D eigenvalue weighted by Crippen LogP contribution is 2.28. The van der Waals surface area contributed by atoms with Gasteiger partial charge < -0.3 is 14.8 Å². The van der Waals surface area contributed by atoms with Gasteiger partial charge in [0.25, 0.3) is 0 Å². The van der Waals surface area contributed by atoms with Crippen LogP contribution in [0.5, 0.6) is 11.5 Å². The smallest absolute Gasteiger partial charge is 0.339 e. The molecule has 2 amide bonds. The lowest BCUT2D eigenvalue weighted by atomic mass is 10.2. The van der Waals surface area contributed by atoms with Gasteiger partial charge in [0, 0.05) is 5.69 Å². The number of para-hydroxylation sites is 1. The molecule has 2 aromatic rings. The molecule has 6 nitrogen and oxygen atoms in total. The first kappa shape index (κ1) is 18.3. The van der Waals surface area contributed by atoms with Gasteiger partial charge in [0.15, 0.2) is 11.5 Å². The highest BCUT2D eigenvalue weighted by atomic mass is 16.5. The van der Waals surface area contributed by atoms with Crippen LogP contribution in [0.1, 0.15) is 25.0 Å². The van der Waals surface area contributed by atoms with Crippen molar-refractivity contribution in [2.75, 3.05) is 12.4 Å². The van der Waals surface area contributed by atoms with E-state index in [1.807, 2.05) is 57.2 Å². The number of nitrogens with zero attached hydrogens (tertiary/aromatic N) is 1. The van der Waals surface area contributed by atoms with Crippen LogP contribution >= 0.6 is 0 Å². The molecule has 2 aromatic carbocycles. The molecule has 25 heavy (non-hydrogen) atoms. The summed E-state index contributed by atoms with van der Waals surface area (Å²) in [7, 11) is 1.58. The number of carbonyl (C=O) groups excluding carboxylic acids is 1. The second kappa shape index (κ2) is 8.73. The Balaban J connectivity index is 1.97. The van der Waals surface area contributed by atoms with Gasteiger partial charge in [-0.1, -0.05) is 18.2 Å². The summed E-state index contributed by atoms with van der Waals surface area (Å²) in [4.78, 5) is 11.9. The SMILES string of the molecule is COc1cc(/C=N\NC(=O)Nc2ccccc2C)ccc1OC(C)C. The zero-order valence-corrected chi connectivity index (χ0v) is 14.9. The fraction of sp³-hybridized carbons (Fsp3) is 0.263. The molecular weight excluding hydrogens is 318 g/mol. The zero-order valence-electron chi connectivity index (χ0n) is 14.9. The number of amides is 2. The maximum absolute atomic E-state index is 11.9. The maximum Gasteiger partial charge on any atom is 0.339 e. The minimum Gasteiger partial charge on any atom is -0.493 e. The van der Waals surface area contributed by atoms with Crippen molar-refractivity contribution in [1.82, 2.24) is 5.43 Å². The van der Waals surface area contributed by atoms with Crippen molar-refractivity contribution in [2.24, 2.45) is 5.10 Å². The molecule has 0 unspecified atom stereocenters. The molecular formula is C19H23N3O3. The lowest BCUT2D eigenvalue weighted by Gasteiger charge is -2.13. The van der Waals surface area contributed by atoms with Gasteiger partial charge in [-0.3, -0.25) is 0 Å². The molecule has 0 aliphatic carbocycles. The number of methoxy groups -OCH3 is 1. The van der Waals surface area contributed by atoms with Gasteiger partial charge >= 0.3 is 6.03 Å². The minimum absolute atomic E-state index is 0.0558. The average molecular weight is 341 g/mol. The van der Waals surface area contributed by atoms with E-state index in [0.29, 0.717) is 11.5 Å². The van der Waals surface area contributed by atoms with Crippen LogP contribution in [0.4, 0.5) is 10.5 Å². The number of hydrazone groups is 1. The van der Waals surface area contributed by atoms with Gasteiger partial charge in [0.05, 0.1) is 19.4 Å². The molecule has 0 heterocycles. The van der Waals surface area contributed by atoms with Gasteiger partial charge in [0.1, 0.15) is 0 Å². The number of hydrogen-bond donors (Lipinski definition) is 2. The summed E-state index contributed by atoms with van der Waals surface area (Å²) in [6.45, 7) is 5.82. The van der Waals surface area contributed by atoms with E-state index in [9.17, 15) is 4.79 Å². The first-order valence-corrected chi connectivity index (χ1v) is 8.00. The number of carbonyl (C=O) groups is 1. The molecule has 0 bridgehead atoms. The molecule has 0 atom stereocenters. The summed E-state index contributed by atoms with van der Waals surface area (Å²) in [6, 6.07) is 12.6. The number of rotatable bonds is 6. The quantitative estimate of drug-likeness (QED) is 0.617. The molecule has 0 fully saturated rings. The number of anilines is 1. The van der Waals surface area contributed by atoms with Crippen LogP contribution in [-0.2, 0) is 0 Å². The molecule has 0 saturated carbocycles. The number of urea groups is 1. The molecule has 0 aliphatic heterocycles. The molecule has 0 saturated heterocycles. The lowest BCUT2D eigenvalue weighted by Crippen LogP contribution is -2.24. The van der Waals surface area contributed by atoms with E-state index in [2.05, 4.69) is 15.8 Å². The monoisotopic (exact) mass is 341 g/mol. The van der Waals surface area contributed by atoms with E-state index in [-0.39, 0.29) is 6.10 Å². The van der Waals surface area contributed by atoms with E-state index in [1.54, 1.807) is 19.4 Å². The third kappa shape index (κ3) is 5.53. The Bertz CT molecular complexity index is 757. The Morgan fingerprint density at radius 3 is 2.60 bits per heavy atom. The Hall–Kier alpha value is -3.02. The van der Waals surface area contributed by atoms with Crippen molar-refractivity contribution in [3.8, 4) is 11.5 Å². The third-order valence-electron chi connectivity index (χ3n) is 3.32. The standard InChI is InChI=1S/C19H23N3O3/c1-13(2)25-17-10-9-15(11-18(17)24-4)12-20-22-19(23)21-16-8-6-5-7-14(16)3/h5-13H,1-4H3,(H2,21,22,23)/b20-12-. The molecule has 6 heteroatoms. The number of aryl methyl sites for hydroxylation is 1. The van der Waals surface area contributed by atoms with Crippen molar-refractivity contribution in [3.05, 3.63) is 53.6 Å². The molecule has 0 aromatic heterocycles. The highest BCUT2D eigenvalue weighted by Gasteiger charge is 2.07. The van der Waals surface area contributed by atoms with Crippen LogP contribution in [0.3, 0.4) is 0 Å². The van der Waals surface area contributed by atoms with Crippen molar-refractivity contribution < 1.29 is 14.3 Å². The molecule has 2 rings (SSSR count). The summed E-state index contributed by atoms with van der Waals surface area (Å²) < 4.78 is 11.0. The Morgan fingerprint density at radius 2 is 1.92 bits per heavy atom. The largest absolute Gasteiger partial charge is 0.493 e. The molecule has 0 aliphatic rings. The fourth-order valence-corrected chi connectivity index (χ4v) is 2.14. The van der Waals surface area contributed by atoms with Crippen LogP contribution in [0.2, 0.25) is 0 Å². The first-order valence-electron chi connectivity index (χ1n) is 8.00. The molecule has 0 radical (unpaired) electrons. The van der Waals surface area contributed by atoms with Gasteiger partial charge in [-0.05, 0) is 56.2 Å². The summed E-state index contributed by atoms with van der Waals surface area (Å²) >= 11 is 0. The second-order valence-corrected chi connectivity index (χ2v) is 5.72. The summed E-state index contributed by atoms with van der Waals surface area (Å²) in [5, 5.41) is 6.69. The van der Waals surface area contributed by atoms with Crippen LogP contribution in [-0.4, -0.2) is 25.5 Å². The van der Waals surface area contributed by atoms with Crippen molar-refractivity contribution in [2.45, 2.75) is 26.9 Å². The van der Waals surface area contributed by atoms with E-state index in [0.717, 1.165) is 16.8 Å². The number of benzene rings is 2. The van der Waals surface area contributed by atoms with E-state index < -0.39 is 6.03 Å². The summed E-state index contributed by atoms with van der Waals surface area (Å²) in [6.07, 6.45) is 1.60. The number of ether oxygens (including phenoxy) is 2. The first-order chi connectivity index (χ1) is 12.0. The van der Waals surface area contributed by atoms with Crippen molar-refractivity contribution in [3.63, 3.8) is 0 Å². The van der Waals surface area contributed by atoms with Gasteiger partial charge in [-0.25, -0.2) is 10.2 Å². The zero-order chi connectivity index (χ0) is 18.2. The highest BCUT2D eigenvalue weighted by molar-refractivity contribution is 5.91. The molecule has 132 valence electrons. The normalized spacial score (nSPS) is 10.8. The van der Waals surface area contributed by atoms with E-state index in [1.165, 1.54) is 0 Å². The van der Waals surface area contributed by atoms with Gasteiger partial charge in [0.2, 0.25) is 0 Å². The summed E-state index contributed by atoms with van der Waals surface area (Å²) in [5.74, 6) is 1.28. The summed E-state index contributed by atoms with van der Waals surface area (Å²) in [5.41, 5.74) is 4.94. The van der Waals surface area contributed by atoms with E-state index >= 15 is 0 Å². The van der Waals surface area contributed by atoms with Crippen LogP contribution in [0.25, 0.3) is 0 Å². The predicted molar refractivity (Wildman–Crippen MR) is 99.7 cm³/mol. The van der Waals surface area contributed by atoms with Crippen LogP contribution in [0, 0.1) is 6.92 Å². The Labute approximate surface area is 147 Å². The Morgan fingerprint density at radius 1 is 1.16 bits per heavy atom.